The number of carboxylic acid groups (broad SMARTS) is 2. The third-order valence-corrected chi connectivity index (χ3v) is 6.16. The van der Waals surface area contributed by atoms with E-state index in [9.17, 15) is 24.6 Å². The second-order valence-electron chi connectivity index (χ2n) is 7.59. The van der Waals surface area contributed by atoms with E-state index in [1.807, 2.05) is 19.2 Å². The Morgan fingerprint density at radius 3 is 2.32 bits per heavy atom. The van der Waals surface area contributed by atoms with E-state index in [2.05, 4.69) is 0 Å². The molecule has 7 heteroatoms. The smallest absolute Gasteiger partial charge is 0.329 e. The molecule has 2 heterocycles. The van der Waals surface area contributed by atoms with Gasteiger partial charge in [0.1, 0.15) is 5.54 Å². The van der Waals surface area contributed by atoms with Gasteiger partial charge in [0, 0.05) is 10.4 Å². The fourth-order valence-corrected chi connectivity index (χ4v) is 5.08. The molecule has 1 aromatic carbocycles. The number of benzene rings is 1. The van der Waals surface area contributed by atoms with Gasteiger partial charge >= 0.3 is 11.9 Å². The van der Waals surface area contributed by atoms with Crippen molar-refractivity contribution in [3.05, 3.63) is 58.3 Å². The monoisotopic (exact) mass is 401 g/mol. The normalized spacial score (nSPS) is 24.5. The first-order valence-electron chi connectivity index (χ1n) is 9.16. The molecule has 3 unspecified atom stereocenters. The number of carbonyl (C=O) groups is 3. The van der Waals surface area contributed by atoms with Gasteiger partial charge in [0.05, 0.1) is 12.0 Å². The number of hydrogen-bond donors (Lipinski definition) is 2. The lowest BCUT2D eigenvalue weighted by atomic mass is 9.83. The summed E-state index contributed by atoms with van der Waals surface area (Å²) in [7, 11) is 0. The van der Waals surface area contributed by atoms with Crippen LogP contribution in [0, 0.1) is 11.8 Å². The Morgan fingerprint density at radius 1 is 1.14 bits per heavy atom. The van der Waals surface area contributed by atoms with E-state index >= 15 is 0 Å². The van der Waals surface area contributed by atoms with Crippen LogP contribution in [-0.2, 0) is 9.59 Å². The Morgan fingerprint density at radius 2 is 1.82 bits per heavy atom. The number of rotatable bonds is 6. The first-order valence-corrected chi connectivity index (χ1v) is 10.0. The Hall–Kier alpha value is -2.67. The highest BCUT2D eigenvalue weighted by atomic mass is 32.1. The van der Waals surface area contributed by atoms with E-state index in [4.69, 9.17) is 0 Å². The molecular formula is C21H23NO5S. The molecule has 0 bridgehead atoms. The van der Waals surface area contributed by atoms with Gasteiger partial charge in [0.2, 0.25) is 0 Å². The van der Waals surface area contributed by atoms with Crippen LogP contribution >= 0.6 is 11.3 Å². The summed E-state index contributed by atoms with van der Waals surface area (Å²) in [5.41, 5.74) is -1.22. The lowest BCUT2D eigenvalue weighted by Gasteiger charge is -2.39. The van der Waals surface area contributed by atoms with E-state index < -0.39 is 35.3 Å². The van der Waals surface area contributed by atoms with Crippen molar-refractivity contribution < 1.29 is 24.6 Å². The van der Waals surface area contributed by atoms with Crippen LogP contribution < -0.4 is 0 Å². The Labute approximate surface area is 167 Å². The number of carbonyl (C=O) groups excluding carboxylic acids is 1. The van der Waals surface area contributed by atoms with E-state index in [0.717, 1.165) is 0 Å². The standard InChI is InChI=1S/C21H23NO5S/c1-13(2)11-21(20(26)27)12-15(19(24)25)17(16-9-6-10-28-16)22(21)18(23)14-7-4-3-5-8-14/h3-10,13,15,17H,11-12H2,1-2H3,(H,24,25)(H,26,27). The van der Waals surface area contributed by atoms with E-state index in [-0.39, 0.29) is 18.8 Å². The highest BCUT2D eigenvalue weighted by Crippen LogP contribution is 2.51. The van der Waals surface area contributed by atoms with Crippen molar-refractivity contribution in [3.8, 4) is 0 Å². The summed E-state index contributed by atoms with van der Waals surface area (Å²) in [6.45, 7) is 3.76. The molecule has 3 rings (SSSR count). The molecule has 0 spiro atoms. The van der Waals surface area contributed by atoms with Crippen LogP contribution in [0.2, 0.25) is 0 Å². The second kappa shape index (κ2) is 7.75. The molecule has 1 saturated heterocycles. The maximum Gasteiger partial charge on any atom is 0.329 e. The predicted octanol–water partition coefficient (Wildman–Crippen LogP) is 3.91. The lowest BCUT2D eigenvalue weighted by Crippen LogP contribution is -2.54. The van der Waals surface area contributed by atoms with Crippen molar-refractivity contribution in [2.75, 3.05) is 0 Å². The summed E-state index contributed by atoms with van der Waals surface area (Å²) in [6.07, 6.45) is 0.0730. The zero-order chi connectivity index (χ0) is 20.5. The van der Waals surface area contributed by atoms with Crippen LogP contribution in [0.3, 0.4) is 0 Å². The number of likely N-dealkylation sites (tertiary alicyclic amines) is 1. The third kappa shape index (κ3) is 3.42. The largest absolute Gasteiger partial charge is 0.481 e. The van der Waals surface area contributed by atoms with Gasteiger partial charge in [-0.1, -0.05) is 38.1 Å². The van der Waals surface area contributed by atoms with Crippen molar-refractivity contribution in [1.82, 2.24) is 4.90 Å². The first kappa shape index (κ1) is 20.1. The quantitative estimate of drug-likeness (QED) is 0.765. The number of amides is 1. The number of hydrogen-bond acceptors (Lipinski definition) is 4. The zero-order valence-corrected chi connectivity index (χ0v) is 16.6. The fourth-order valence-electron chi connectivity index (χ4n) is 4.20. The summed E-state index contributed by atoms with van der Waals surface area (Å²) in [6, 6.07) is 11.2. The molecule has 2 N–H and O–H groups in total. The van der Waals surface area contributed by atoms with Crippen molar-refractivity contribution >= 4 is 29.2 Å². The second-order valence-corrected chi connectivity index (χ2v) is 8.56. The highest BCUT2D eigenvalue weighted by Gasteiger charge is 2.61. The Kier molecular flexibility index (Phi) is 5.56. The number of thiophene rings is 1. The number of aliphatic carboxylic acids is 2. The first-order chi connectivity index (χ1) is 13.3. The number of nitrogens with zero attached hydrogens (tertiary/aromatic N) is 1. The highest BCUT2D eigenvalue weighted by molar-refractivity contribution is 7.10. The molecule has 3 atom stereocenters. The van der Waals surface area contributed by atoms with Crippen LogP contribution in [0.1, 0.15) is 48.0 Å². The van der Waals surface area contributed by atoms with E-state index in [0.29, 0.717) is 10.4 Å². The van der Waals surface area contributed by atoms with E-state index in [1.54, 1.807) is 42.5 Å². The maximum atomic E-state index is 13.5. The van der Waals surface area contributed by atoms with Gasteiger partial charge in [-0.25, -0.2) is 4.79 Å². The Balaban J connectivity index is 2.21. The van der Waals surface area contributed by atoms with Crippen LogP contribution in [0.4, 0.5) is 0 Å². The summed E-state index contributed by atoms with van der Waals surface area (Å²) < 4.78 is 0. The molecule has 6 nitrogen and oxygen atoms in total. The molecule has 1 aliphatic heterocycles. The summed E-state index contributed by atoms with van der Waals surface area (Å²) in [4.78, 5) is 40.1. The summed E-state index contributed by atoms with van der Waals surface area (Å²) in [5.74, 6) is -3.71. The topological polar surface area (TPSA) is 94.9 Å². The fraction of sp³-hybridized carbons (Fsp3) is 0.381. The molecule has 1 amide bonds. The Bertz CT molecular complexity index is 864. The summed E-state index contributed by atoms with van der Waals surface area (Å²) in [5, 5.41) is 21.9. The number of carboxylic acids is 2. The van der Waals surface area contributed by atoms with Gasteiger partial charge in [0.15, 0.2) is 0 Å². The van der Waals surface area contributed by atoms with E-state index in [1.165, 1.54) is 16.2 Å². The molecule has 1 aliphatic rings. The molecular weight excluding hydrogens is 378 g/mol. The van der Waals surface area contributed by atoms with Gasteiger partial charge in [-0.15, -0.1) is 11.3 Å². The van der Waals surface area contributed by atoms with Gasteiger partial charge in [0.25, 0.3) is 5.91 Å². The average Bonchev–Trinajstić information content (AvgIpc) is 3.27. The zero-order valence-electron chi connectivity index (χ0n) is 15.7. The van der Waals surface area contributed by atoms with Crippen LogP contribution in [0.15, 0.2) is 47.8 Å². The summed E-state index contributed by atoms with van der Waals surface area (Å²) >= 11 is 1.34. The minimum Gasteiger partial charge on any atom is -0.481 e. The van der Waals surface area contributed by atoms with Gasteiger partial charge in [-0.3, -0.25) is 9.59 Å². The molecule has 0 radical (unpaired) electrons. The average molecular weight is 401 g/mol. The SMILES string of the molecule is CC(C)CC1(C(=O)O)CC(C(=O)O)C(c2cccs2)N1C(=O)c1ccccc1. The van der Waals surface area contributed by atoms with Gasteiger partial charge < -0.3 is 15.1 Å². The molecule has 1 aromatic heterocycles. The lowest BCUT2D eigenvalue weighted by molar-refractivity contribution is -0.150. The molecule has 0 aliphatic carbocycles. The minimum absolute atomic E-state index is 0.0290. The van der Waals surface area contributed by atoms with Crippen LogP contribution in [0.5, 0.6) is 0 Å². The van der Waals surface area contributed by atoms with Crippen molar-refractivity contribution in [3.63, 3.8) is 0 Å². The van der Waals surface area contributed by atoms with Crippen LogP contribution in [-0.4, -0.2) is 38.5 Å². The predicted molar refractivity (Wildman–Crippen MR) is 105 cm³/mol. The molecule has 2 aromatic rings. The molecule has 28 heavy (non-hydrogen) atoms. The maximum absolute atomic E-state index is 13.5. The van der Waals surface area contributed by atoms with Crippen molar-refractivity contribution in [2.24, 2.45) is 11.8 Å². The van der Waals surface area contributed by atoms with Gasteiger partial charge in [-0.2, -0.15) is 0 Å². The third-order valence-electron chi connectivity index (χ3n) is 5.21. The van der Waals surface area contributed by atoms with Crippen molar-refractivity contribution in [2.45, 2.75) is 38.3 Å². The van der Waals surface area contributed by atoms with Crippen LogP contribution in [0.25, 0.3) is 0 Å². The van der Waals surface area contributed by atoms with Crippen molar-refractivity contribution in [1.29, 1.82) is 0 Å². The van der Waals surface area contributed by atoms with Gasteiger partial charge in [-0.05, 0) is 42.3 Å². The molecule has 0 saturated carbocycles. The molecule has 1 fully saturated rings. The minimum atomic E-state index is -1.57. The molecule has 148 valence electrons.